The fourth-order valence-electron chi connectivity index (χ4n) is 1.41. The molecule has 0 heterocycles. The van der Waals surface area contributed by atoms with Gasteiger partial charge >= 0.3 is 5.97 Å². The van der Waals surface area contributed by atoms with Crippen LogP contribution in [0.3, 0.4) is 0 Å². The molecule has 4 nitrogen and oxygen atoms in total. The van der Waals surface area contributed by atoms with Crippen LogP contribution >= 0.6 is 11.6 Å². The molecule has 5 heteroatoms. The first-order chi connectivity index (χ1) is 7.43. The summed E-state index contributed by atoms with van der Waals surface area (Å²) in [6, 6.07) is 2.90. The Hall–Kier alpha value is -1.26. The summed E-state index contributed by atoms with van der Waals surface area (Å²) in [6.45, 7) is 1.77. The van der Waals surface area contributed by atoms with Gasteiger partial charge in [-0.25, -0.2) is 0 Å². The highest BCUT2D eigenvalue weighted by Crippen LogP contribution is 2.34. The summed E-state index contributed by atoms with van der Waals surface area (Å²) >= 11 is 5.87. The molecule has 1 aromatic carbocycles. The predicted molar refractivity (Wildman–Crippen MR) is 61.7 cm³/mol. The van der Waals surface area contributed by atoms with Crippen molar-refractivity contribution in [2.24, 2.45) is 5.73 Å². The first-order valence-electron chi connectivity index (χ1n) is 4.88. The number of halogens is 1. The summed E-state index contributed by atoms with van der Waals surface area (Å²) in [5, 5.41) is 18.6. The van der Waals surface area contributed by atoms with Crippen LogP contribution in [0.5, 0.6) is 5.75 Å². The Bertz CT molecular complexity index is 406. The lowest BCUT2D eigenvalue weighted by Gasteiger charge is -2.14. The van der Waals surface area contributed by atoms with Gasteiger partial charge in [-0.05, 0) is 18.9 Å². The number of carbonyl (C=O) groups is 1. The van der Waals surface area contributed by atoms with E-state index in [0.29, 0.717) is 5.56 Å². The van der Waals surface area contributed by atoms with Crippen LogP contribution in [0, 0.1) is 6.92 Å². The van der Waals surface area contributed by atoms with Crippen molar-refractivity contribution in [3.8, 4) is 5.75 Å². The molecule has 1 atom stereocenters. The second-order valence-electron chi connectivity index (χ2n) is 3.67. The zero-order valence-corrected chi connectivity index (χ0v) is 9.66. The molecular formula is C11H14ClNO3. The molecule has 0 aromatic heterocycles. The number of nitrogens with two attached hydrogens (primary N) is 1. The smallest absolute Gasteiger partial charge is 0.303 e. The van der Waals surface area contributed by atoms with E-state index in [9.17, 15) is 9.90 Å². The quantitative estimate of drug-likeness (QED) is 0.757. The second kappa shape index (κ2) is 5.18. The number of aliphatic carboxylic acids is 1. The largest absolute Gasteiger partial charge is 0.506 e. The monoisotopic (exact) mass is 243 g/mol. The molecule has 16 heavy (non-hydrogen) atoms. The summed E-state index contributed by atoms with van der Waals surface area (Å²) in [4.78, 5) is 10.4. The number of hydrogen-bond acceptors (Lipinski definition) is 3. The number of aromatic hydroxyl groups is 1. The van der Waals surface area contributed by atoms with Gasteiger partial charge in [0.2, 0.25) is 0 Å². The fourth-order valence-corrected chi connectivity index (χ4v) is 1.59. The Morgan fingerprint density at radius 2 is 2.19 bits per heavy atom. The Balaban J connectivity index is 2.87. The van der Waals surface area contributed by atoms with Crippen LogP contribution in [0.1, 0.15) is 30.0 Å². The zero-order chi connectivity index (χ0) is 12.3. The van der Waals surface area contributed by atoms with E-state index in [4.69, 9.17) is 22.4 Å². The van der Waals surface area contributed by atoms with E-state index in [1.54, 1.807) is 19.1 Å². The molecule has 0 aliphatic rings. The van der Waals surface area contributed by atoms with Crippen LogP contribution in [0.2, 0.25) is 5.02 Å². The van der Waals surface area contributed by atoms with Gasteiger partial charge in [-0.3, -0.25) is 4.79 Å². The van der Waals surface area contributed by atoms with Crippen LogP contribution in [0.25, 0.3) is 0 Å². The SMILES string of the molecule is Cc1ccc(C(N)CCC(=O)O)c(O)c1Cl. The Kier molecular flexibility index (Phi) is 4.15. The van der Waals surface area contributed by atoms with E-state index in [-0.39, 0.29) is 23.6 Å². The molecule has 88 valence electrons. The number of benzene rings is 1. The molecule has 0 fully saturated rings. The standard InChI is InChI=1S/C11H14ClNO3/c1-6-2-3-7(11(16)10(6)12)8(13)4-5-9(14)15/h2-3,8,16H,4-5,13H2,1H3,(H,14,15). The Morgan fingerprint density at radius 1 is 1.56 bits per heavy atom. The molecule has 1 rings (SSSR count). The number of carboxylic acid groups (broad SMARTS) is 1. The molecule has 1 unspecified atom stereocenters. The molecule has 0 saturated carbocycles. The van der Waals surface area contributed by atoms with Gasteiger partial charge in [0.05, 0.1) is 5.02 Å². The summed E-state index contributed by atoms with van der Waals surface area (Å²) in [6.07, 6.45) is 0.231. The molecule has 1 aromatic rings. The van der Waals surface area contributed by atoms with Gasteiger partial charge in [-0.1, -0.05) is 23.7 Å². The predicted octanol–water partition coefficient (Wildman–Crippen LogP) is 2.22. The van der Waals surface area contributed by atoms with Crippen molar-refractivity contribution in [2.45, 2.75) is 25.8 Å². The highest BCUT2D eigenvalue weighted by Gasteiger charge is 2.15. The highest BCUT2D eigenvalue weighted by molar-refractivity contribution is 6.32. The average molecular weight is 244 g/mol. The minimum absolute atomic E-state index is 0.0356. The molecule has 0 radical (unpaired) electrons. The third-order valence-electron chi connectivity index (χ3n) is 2.41. The molecule has 0 bridgehead atoms. The Labute approximate surface area is 98.6 Å². The minimum Gasteiger partial charge on any atom is -0.506 e. The second-order valence-corrected chi connectivity index (χ2v) is 4.05. The van der Waals surface area contributed by atoms with Crippen LogP contribution in [-0.2, 0) is 4.79 Å². The van der Waals surface area contributed by atoms with Gasteiger partial charge in [-0.2, -0.15) is 0 Å². The number of phenols is 1. The van der Waals surface area contributed by atoms with Gasteiger partial charge in [0.15, 0.2) is 0 Å². The third-order valence-corrected chi connectivity index (χ3v) is 2.89. The zero-order valence-electron chi connectivity index (χ0n) is 8.90. The van der Waals surface area contributed by atoms with Crippen molar-refractivity contribution < 1.29 is 15.0 Å². The van der Waals surface area contributed by atoms with Crippen molar-refractivity contribution in [1.82, 2.24) is 0 Å². The van der Waals surface area contributed by atoms with Crippen molar-refractivity contribution in [3.05, 3.63) is 28.3 Å². The van der Waals surface area contributed by atoms with E-state index in [1.165, 1.54) is 0 Å². The van der Waals surface area contributed by atoms with E-state index < -0.39 is 12.0 Å². The molecule has 0 spiro atoms. The molecule has 0 saturated heterocycles. The van der Waals surface area contributed by atoms with Gasteiger partial charge in [0.25, 0.3) is 0 Å². The number of hydrogen-bond donors (Lipinski definition) is 3. The summed E-state index contributed by atoms with van der Waals surface area (Å²) in [5.74, 6) is -0.965. The maximum absolute atomic E-state index is 10.4. The lowest BCUT2D eigenvalue weighted by molar-refractivity contribution is -0.137. The van der Waals surface area contributed by atoms with Crippen LogP contribution in [0.15, 0.2) is 12.1 Å². The molecule has 4 N–H and O–H groups in total. The van der Waals surface area contributed by atoms with E-state index >= 15 is 0 Å². The molecule has 0 amide bonds. The van der Waals surface area contributed by atoms with Gasteiger partial charge in [-0.15, -0.1) is 0 Å². The highest BCUT2D eigenvalue weighted by atomic mass is 35.5. The first-order valence-corrected chi connectivity index (χ1v) is 5.26. The lowest BCUT2D eigenvalue weighted by atomic mass is 10.0. The number of phenolic OH excluding ortho intramolecular Hbond substituents is 1. The van der Waals surface area contributed by atoms with Crippen molar-refractivity contribution in [2.75, 3.05) is 0 Å². The van der Waals surface area contributed by atoms with Gasteiger partial charge < -0.3 is 15.9 Å². The molecule has 0 aliphatic carbocycles. The van der Waals surface area contributed by atoms with Crippen LogP contribution in [-0.4, -0.2) is 16.2 Å². The van der Waals surface area contributed by atoms with E-state index in [0.717, 1.165) is 5.56 Å². The Morgan fingerprint density at radius 3 is 2.75 bits per heavy atom. The number of rotatable bonds is 4. The molecule has 0 aliphatic heterocycles. The maximum Gasteiger partial charge on any atom is 0.303 e. The topological polar surface area (TPSA) is 83.6 Å². The van der Waals surface area contributed by atoms with Crippen molar-refractivity contribution in [3.63, 3.8) is 0 Å². The number of carboxylic acids is 1. The lowest BCUT2D eigenvalue weighted by Crippen LogP contribution is -2.12. The maximum atomic E-state index is 10.4. The van der Waals surface area contributed by atoms with Crippen molar-refractivity contribution >= 4 is 17.6 Å². The minimum atomic E-state index is -0.909. The normalized spacial score (nSPS) is 12.4. The van der Waals surface area contributed by atoms with E-state index in [2.05, 4.69) is 0 Å². The van der Waals surface area contributed by atoms with E-state index in [1.807, 2.05) is 0 Å². The third kappa shape index (κ3) is 2.87. The first kappa shape index (κ1) is 12.8. The number of aryl methyl sites for hydroxylation is 1. The summed E-state index contributed by atoms with van der Waals surface area (Å²) < 4.78 is 0. The molecular weight excluding hydrogens is 230 g/mol. The van der Waals surface area contributed by atoms with Crippen LogP contribution < -0.4 is 5.73 Å². The fraction of sp³-hybridized carbons (Fsp3) is 0.364. The van der Waals surface area contributed by atoms with Crippen molar-refractivity contribution in [1.29, 1.82) is 0 Å². The van der Waals surface area contributed by atoms with Gasteiger partial charge in [0.1, 0.15) is 5.75 Å². The average Bonchev–Trinajstić information content (AvgIpc) is 2.23. The van der Waals surface area contributed by atoms with Crippen LogP contribution in [0.4, 0.5) is 0 Å². The van der Waals surface area contributed by atoms with Gasteiger partial charge in [0, 0.05) is 18.0 Å². The summed E-state index contributed by atoms with van der Waals surface area (Å²) in [5.41, 5.74) is 7.02. The summed E-state index contributed by atoms with van der Waals surface area (Å²) in [7, 11) is 0.